The second-order valence-electron chi connectivity index (χ2n) is 5.46. The predicted molar refractivity (Wildman–Crippen MR) is 72.4 cm³/mol. The van der Waals surface area contributed by atoms with Crippen LogP contribution in [0.5, 0.6) is 0 Å². The summed E-state index contributed by atoms with van der Waals surface area (Å²) in [6.45, 7) is 1.85. The fourth-order valence-corrected chi connectivity index (χ4v) is 2.54. The molecule has 19 heavy (non-hydrogen) atoms. The third kappa shape index (κ3) is 3.25. The summed E-state index contributed by atoms with van der Waals surface area (Å²) >= 11 is 0. The van der Waals surface area contributed by atoms with Gasteiger partial charge in [0.2, 0.25) is 0 Å². The lowest BCUT2D eigenvalue weighted by Gasteiger charge is -2.36. The molecule has 0 saturated heterocycles. The maximum Gasteiger partial charge on any atom is 0.331 e. The summed E-state index contributed by atoms with van der Waals surface area (Å²) in [5, 5.41) is 3.19. The SMILES string of the molecule is COC(=O)C(C)(CC1CCC1)Nc1ccc(F)cc1. The van der Waals surface area contributed by atoms with Gasteiger partial charge in [0.15, 0.2) is 0 Å². The van der Waals surface area contributed by atoms with E-state index in [9.17, 15) is 9.18 Å². The zero-order valence-electron chi connectivity index (χ0n) is 11.4. The number of ether oxygens (including phenoxy) is 1. The summed E-state index contributed by atoms with van der Waals surface area (Å²) in [5.74, 6) is 0.00471. The Balaban J connectivity index is 2.12. The molecule has 0 bridgehead atoms. The maximum absolute atomic E-state index is 12.9. The van der Waals surface area contributed by atoms with E-state index >= 15 is 0 Å². The van der Waals surface area contributed by atoms with Crippen molar-refractivity contribution in [3.63, 3.8) is 0 Å². The fraction of sp³-hybridized carbons (Fsp3) is 0.533. The second kappa shape index (κ2) is 5.59. The van der Waals surface area contributed by atoms with Crippen LogP contribution in [0.3, 0.4) is 0 Å². The van der Waals surface area contributed by atoms with E-state index in [2.05, 4.69) is 5.32 Å². The Bertz CT molecular complexity index is 442. The van der Waals surface area contributed by atoms with Crippen molar-refractivity contribution in [1.82, 2.24) is 0 Å². The van der Waals surface area contributed by atoms with E-state index in [0.717, 1.165) is 24.9 Å². The van der Waals surface area contributed by atoms with Crippen molar-refractivity contribution in [3.8, 4) is 0 Å². The van der Waals surface area contributed by atoms with Crippen LogP contribution in [0.2, 0.25) is 0 Å². The highest BCUT2D eigenvalue weighted by molar-refractivity contribution is 5.84. The molecule has 1 saturated carbocycles. The summed E-state index contributed by atoms with van der Waals surface area (Å²) in [7, 11) is 1.40. The van der Waals surface area contributed by atoms with E-state index in [-0.39, 0.29) is 11.8 Å². The Morgan fingerprint density at radius 3 is 2.53 bits per heavy atom. The topological polar surface area (TPSA) is 38.3 Å². The average molecular weight is 265 g/mol. The standard InChI is InChI=1S/C15H20FNO2/c1-15(14(18)19-2,10-11-4-3-5-11)17-13-8-6-12(16)7-9-13/h6-9,11,17H,3-5,10H2,1-2H3. The van der Waals surface area contributed by atoms with Crippen molar-refractivity contribution in [3.05, 3.63) is 30.1 Å². The zero-order valence-corrected chi connectivity index (χ0v) is 11.4. The van der Waals surface area contributed by atoms with Gasteiger partial charge in [0.25, 0.3) is 0 Å². The molecule has 0 radical (unpaired) electrons. The lowest BCUT2D eigenvalue weighted by molar-refractivity contribution is -0.146. The molecule has 1 atom stereocenters. The molecule has 0 amide bonds. The smallest absolute Gasteiger partial charge is 0.331 e. The molecule has 1 N–H and O–H groups in total. The van der Waals surface area contributed by atoms with Gasteiger partial charge in [-0.1, -0.05) is 19.3 Å². The first-order valence-electron chi connectivity index (χ1n) is 6.66. The monoisotopic (exact) mass is 265 g/mol. The minimum absolute atomic E-state index is 0.274. The highest BCUT2D eigenvalue weighted by atomic mass is 19.1. The molecule has 0 aliphatic heterocycles. The number of carbonyl (C=O) groups is 1. The van der Waals surface area contributed by atoms with Crippen molar-refractivity contribution in [2.75, 3.05) is 12.4 Å². The van der Waals surface area contributed by atoms with Crippen LogP contribution >= 0.6 is 0 Å². The minimum atomic E-state index is -0.752. The minimum Gasteiger partial charge on any atom is -0.467 e. The van der Waals surface area contributed by atoms with Crippen molar-refractivity contribution < 1.29 is 13.9 Å². The van der Waals surface area contributed by atoms with Crippen LogP contribution in [-0.4, -0.2) is 18.6 Å². The molecular formula is C15H20FNO2. The number of nitrogens with one attached hydrogen (secondary N) is 1. The number of anilines is 1. The highest BCUT2D eigenvalue weighted by Gasteiger charge is 2.38. The van der Waals surface area contributed by atoms with Gasteiger partial charge in [-0.05, 0) is 43.5 Å². The maximum atomic E-state index is 12.9. The Hall–Kier alpha value is -1.58. The van der Waals surface area contributed by atoms with Gasteiger partial charge in [0.1, 0.15) is 11.4 Å². The predicted octanol–water partition coefficient (Wildman–Crippen LogP) is 3.36. The van der Waals surface area contributed by atoms with Gasteiger partial charge in [-0.2, -0.15) is 0 Å². The van der Waals surface area contributed by atoms with Crippen molar-refractivity contribution in [2.24, 2.45) is 5.92 Å². The third-order valence-electron chi connectivity index (χ3n) is 3.82. The Labute approximate surface area is 113 Å². The summed E-state index contributed by atoms with van der Waals surface area (Å²) in [4.78, 5) is 12.0. The molecule has 0 aromatic heterocycles. The summed E-state index contributed by atoms with van der Waals surface area (Å²) < 4.78 is 17.8. The number of esters is 1. The number of hydrogen-bond acceptors (Lipinski definition) is 3. The largest absolute Gasteiger partial charge is 0.467 e. The van der Waals surface area contributed by atoms with E-state index in [0.29, 0.717) is 5.92 Å². The molecule has 1 aromatic carbocycles. The van der Waals surface area contributed by atoms with Crippen LogP contribution in [0.15, 0.2) is 24.3 Å². The van der Waals surface area contributed by atoms with Gasteiger partial charge < -0.3 is 10.1 Å². The Morgan fingerprint density at radius 2 is 2.05 bits per heavy atom. The quantitative estimate of drug-likeness (QED) is 0.830. The van der Waals surface area contributed by atoms with Crippen LogP contribution < -0.4 is 5.32 Å². The highest BCUT2D eigenvalue weighted by Crippen LogP contribution is 2.35. The first kappa shape index (κ1) is 13.8. The van der Waals surface area contributed by atoms with Gasteiger partial charge in [-0.15, -0.1) is 0 Å². The van der Waals surface area contributed by atoms with Crippen molar-refractivity contribution >= 4 is 11.7 Å². The fourth-order valence-electron chi connectivity index (χ4n) is 2.54. The molecule has 1 aliphatic rings. The number of halogens is 1. The summed E-state index contributed by atoms with van der Waals surface area (Å²) in [5.41, 5.74) is -0.0221. The van der Waals surface area contributed by atoms with Crippen LogP contribution in [0.25, 0.3) is 0 Å². The number of methoxy groups -OCH3 is 1. The van der Waals surface area contributed by atoms with E-state index < -0.39 is 5.54 Å². The van der Waals surface area contributed by atoms with Crippen LogP contribution in [0, 0.1) is 11.7 Å². The van der Waals surface area contributed by atoms with Crippen molar-refractivity contribution in [1.29, 1.82) is 0 Å². The molecule has 1 aliphatic carbocycles. The third-order valence-corrected chi connectivity index (χ3v) is 3.82. The van der Waals surface area contributed by atoms with E-state index in [1.807, 2.05) is 6.92 Å². The molecular weight excluding hydrogens is 245 g/mol. The zero-order chi connectivity index (χ0) is 13.9. The molecule has 3 nitrogen and oxygen atoms in total. The molecule has 0 heterocycles. The van der Waals surface area contributed by atoms with E-state index in [1.54, 1.807) is 12.1 Å². The van der Waals surface area contributed by atoms with E-state index in [4.69, 9.17) is 4.74 Å². The number of rotatable bonds is 5. The molecule has 4 heteroatoms. The number of carbonyl (C=O) groups excluding carboxylic acids is 1. The number of benzene rings is 1. The first-order valence-corrected chi connectivity index (χ1v) is 6.66. The lowest BCUT2D eigenvalue weighted by atomic mass is 9.76. The first-order chi connectivity index (χ1) is 9.03. The average Bonchev–Trinajstić information content (AvgIpc) is 2.36. The molecule has 1 unspecified atom stereocenters. The number of hydrogen-bond donors (Lipinski definition) is 1. The Morgan fingerprint density at radius 1 is 1.42 bits per heavy atom. The van der Waals surface area contributed by atoms with Gasteiger partial charge in [0.05, 0.1) is 7.11 Å². The molecule has 2 rings (SSSR count). The van der Waals surface area contributed by atoms with Gasteiger partial charge >= 0.3 is 5.97 Å². The van der Waals surface area contributed by atoms with Crippen LogP contribution in [-0.2, 0) is 9.53 Å². The molecule has 0 spiro atoms. The van der Waals surface area contributed by atoms with Crippen LogP contribution in [0.4, 0.5) is 10.1 Å². The molecule has 104 valence electrons. The molecule has 1 aromatic rings. The molecule has 1 fully saturated rings. The van der Waals surface area contributed by atoms with Crippen molar-refractivity contribution in [2.45, 2.75) is 38.1 Å². The second-order valence-corrected chi connectivity index (χ2v) is 5.46. The van der Waals surface area contributed by atoms with Gasteiger partial charge in [-0.25, -0.2) is 9.18 Å². The summed E-state index contributed by atoms with van der Waals surface area (Å²) in [6, 6.07) is 6.03. The van der Waals surface area contributed by atoms with E-state index in [1.165, 1.54) is 25.7 Å². The van der Waals surface area contributed by atoms with Gasteiger partial charge in [-0.3, -0.25) is 0 Å². The Kier molecular flexibility index (Phi) is 4.08. The van der Waals surface area contributed by atoms with Crippen LogP contribution in [0.1, 0.15) is 32.6 Å². The lowest BCUT2D eigenvalue weighted by Crippen LogP contribution is -2.46. The summed E-state index contributed by atoms with van der Waals surface area (Å²) in [6.07, 6.45) is 4.31. The normalized spacial score (nSPS) is 18.3. The van der Waals surface area contributed by atoms with Gasteiger partial charge in [0, 0.05) is 5.69 Å².